The van der Waals surface area contributed by atoms with Crippen LogP contribution in [0.1, 0.15) is 27.2 Å². The molecule has 1 aliphatic rings. The van der Waals surface area contributed by atoms with Crippen LogP contribution in [0.2, 0.25) is 18.1 Å². The first-order chi connectivity index (χ1) is 7.26. The van der Waals surface area contributed by atoms with E-state index in [2.05, 4.69) is 46.4 Å². The molecule has 1 radical (unpaired) electrons. The summed E-state index contributed by atoms with van der Waals surface area (Å²) in [5.41, 5.74) is 0. The van der Waals surface area contributed by atoms with Crippen LogP contribution in [0, 0.1) is 6.42 Å². The molecule has 1 aliphatic carbocycles. The summed E-state index contributed by atoms with van der Waals surface area (Å²) in [6, 6.07) is 0. The van der Waals surface area contributed by atoms with E-state index in [0.717, 1.165) is 17.9 Å². The molecule has 0 bridgehead atoms. The number of ether oxygens (including phenoxy) is 1. The lowest BCUT2D eigenvalue weighted by molar-refractivity contribution is 0.297. The second-order valence-electron chi connectivity index (χ2n) is 5.66. The lowest BCUT2D eigenvalue weighted by Crippen LogP contribution is -2.40. The fourth-order valence-electron chi connectivity index (χ4n) is 1.21. The molecule has 0 saturated carbocycles. The molecule has 0 aromatic rings. The third kappa shape index (κ3) is 3.14. The largest absolute Gasteiger partial charge is 0.546 e. The van der Waals surface area contributed by atoms with Crippen LogP contribution < -0.4 is 0 Å². The summed E-state index contributed by atoms with van der Waals surface area (Å²) in [4.78, 5) is 0. The average molecular weight is 239 g/mol. The molecule has 0 aromatic carbocycles. The molecule has 0 aliphatic heterocycles. The molecule has 0 N–H and O–H groups in total. The van der Waals surface area contributed by atoms with Gasteiger partial charge in [0.15, 0.2) is 0 Å². The van der Waals surface area contributed by atoms with Crippen LogP contribution >= 0.6 is 0 Å². The van der Waals surface area contributed by atoms with Gasteiger partial charge in [0.2, 0.25) is 8.32 Å². The van der Waals surface area contributed by atoms with Gasteiger partial charge in [0.1, 0.15) is 5.76 Å². The molecule has 2 nitrogen and oxygen atoms in total. The summed E-state index contributed by atoms with van der Waals surface area (Å²) in [5, 5.41) is 0.232. The molecular formula is C13H23O2Si. The maximum absolute atomic E-state index is 6.20. The average Bonchev–Trinajstić information content (AvgIpc) is 2.15. The van der Waals surface area contributed by atoms with Crippen molar-refractivity contribution in [1.82, 2.24) is 0 Å². The first kappa shape index (κ1) is 13.4. The van der Waals surface area contributed by atoms with Crippen LogP contribution in [0.15, 0.2) is 23.7 Å². The Labute approximate surface area is 100 Å². The van der Waals surface area contributed by atoms with Crippen molar-refractivity contribution >= 4 is 8.32 Å². The molecule has 0 unspecified atom stereocenters. The number of allylic oxidation sites excluding steroid dienone is 3. The van der Waals surface area contributed by atoms with Crippen LogP contribution in [0.3, 0.4) is 0 Å². The van der Waals surface area contributed by atoms with Crippen LogP contribution in [0.5, 0.6) is 0 Å². The zero-order chi connectivity index (χ0) is 12.4. The SMILES string of the molecule is COC1=CC[CH]C(O[Si](C)(C)C(C)(C)C)=C1. The summed E-state index contributed by atoms with van der Waals surface area (Å²) in [5.74, 6) is 1.86. The van der Waals surface area contributed by atoms with Gasteiger partial charge in [-0.1, -0.05) is 20.8 Å². The van der Waals surface area contributed by atoms with Crippen molar-refractivity contribution in [3.8, 4) is 0 Å². The van der Waals surface area contributed by atoms with Gasteiger partial charge in [0, 0.05) is 12.5 Å². The van der Waals surface area contributed by atoms with Crippen molar-refractivity contribution in [2.75, 3.05) is 7.11 Å². The minimum atomic E-state index is -1.72. The minimum Gasteiger partial charge on any atom is -0.546 e. The van der Waals surface area contributed by atoms with Gasteiger partial charge in [-0.3, -0.25) is 0 Å². The minimum absolute atomic E-state index is 0.232. The molecule has 16 heavy (non-hydrogen) atoms. The van der Waals surface area contributed by atoms with Crippen LogP contribution in [0.4, 0.5) is 0 Å². The van der Waals surface area contributed by atoms with Gasteiger partial charge >= 0.3 is 0 Å². The highest BCUT2D eigenvalue weighted by molar-refractivity contribution is 6.74. The Hall–Kier alpha value is -0.703. The van der Waals surface area contributed by atoms with Crippen molar-refractivity contribution in [2.45, 2.75) is 45.3 Å². The van der Waals surface area contributed by atoms with Crippen molar-refractivity contribution in [3.63, 3.8) is 0 Å². The van der Waals surface area contributed by atoms with Crippen LogP contribution in [-0.4, -0.2) is 15.4 Å². The van der Waals surface area contributed by atoms with E-state index in [1.54, 1.807) is 7.11 Å². The number of hydrogen-bond acceptors (Lipinski definition) is 2. The monoisotopic (exact) mass is 239 g/mol. The molecule has 0 saturated heterocycles. The first-order valence-corrected chi connectivity index (χ1v) is 8.65. The summed E-state index contributed by atoms with van der Waals surface area (Å²) >= 11 is 0. The highest BCUT2D eigenvalue weighted by Crippen LogP contribution is 2.38. The third-order valence-electron chi connectivity index (χ3n) is 3.34. The molecule has 3 heteroatoms. The Morgan fingerprint density at radius 2 is 1.81 bits per heavy atom. The number of rotatable bonds is 3. The van der Waals surface area contributed by atoms with Gasteiger partial charge in [-0.15, -0.1) is 0 Å². The summed E-state index contributed by atoms with van der Waals surface area (Å²) < 4.78 is 11.4. The predicted octanol–water partition coefficient (Wildman–Crippen LogP) is 4.03. The molecule has 0 spiro atoms. The van der Waals surface area contributed by atoms with Gasteiger partial charge in [-0.2, -0.15) is 0 Å². The van der Waals surface area contributed by atoms with Crippen molar-refractivity contribution in [3.05, 3.63) is 30.1 Å². The standard InChI is InChI=1S/C13H23O2Si/c1-13(2,3)16(5,6)15-12-9-7-8-11(10-12)14-4/h8-10H,7H2,1-6H3. The van der Waals surface area contributed by atoms with Gasteiger partial charge < -0.3 is 9.16 Å². The lowest BCUT2D eigenvalue weighted by Gasteiger charge is -2.37. The molecule has 0 heterocycles. The summed E-state index contributed by atoms with van der Waals surface area (Å²) in [6.07, 6.45) is 7.04. The Bertz CT molecular complexity index is 308. The maximum Gasteiger partial charge on any atom is 0.250 e. The smallest absolute Gasteiger partial charge is 0.250 e. The zero-order valence-corrected chi connectivity index (χ0v) is 12.3. The normalized spacial score (nSPS) is 17.6. The van der Waals surface area contributed by atoms with Gasteiger partial charge in [-0.05, 0) is 30.6 Å². The van der Waals surface area contributed by atoms with E-state index in [9.17, 15) is 0 Å². The number of methoxy groups -OCH3 is 1. The molecular weight excluding hydrogens is 216 g/mol. The van der Waals surface area contributed by atoms with E-state index in [4.69, 9.17) is 9.16 Å². The van der Waals surface area contributed by atoms with E-state index < -0.39 is 8.32 Å². The van der Waals surface area contributed by atoms with E-state index in [0.29, 0.717) is 0 Å². The van der Waals surface area contributed by atoms with E-state index in [1.807, 2.05) is 6.08 Å². The molecule has 0 fully saturated rings. The fraction of sp³-hybridized carbons (Fsp3) is 0.615. The summed E-state index contributed by atoms with van der Waals surface area (Å²) in [6.45, 7) is 11.2. The Morgan fingerprint density at radius 1 is 1.19 bits per heavy atom. The summed E-state index contributed by atoms with van der Waals surface area (Å²) in [7, 11) is -0.0249. The quantitative estimate of drug-likeness (QED) is 0.692. The Morgan fingerprint density at radius 3 is 2.31 bits per heavy atom. The topological polar surface area (TPSA) is 18.5 Å². The Kier molecular flexibility index (Phi) is 3.89. The second-order valence-corrected chi connectivity index (χ2v) is 10.4. The van der Waals surface area contributed by atoms with E-state index in [-0.39, 0.29) is 5.04 Å². The molecule has 0 aromatic heterocycles. The van der Waals surface area contributed by atoms with Crippen molar-refractivity contribution in [1.29, 1.82) is 0 Å². The third-order valence-corrected chi connectivity index (χ3v) is 7.70. The Balaban J connectivity index is 2.75. The van der Waals surface area contributed by atoms with Crippen LogP contribution in [-0.2, 0) is 9.16 Å². The van der Waals surface area contributed by atoms with E-state index >= 15 is 0 Å². The second kappa shape index (κ2) is 4.66. The van der Waals surface area contributed by atoms with Crippen molar-refractivity contribution in [2.24, 2.45) is 0 Å². The first-order valence-electron chi connectivity index (χ1n) is 5.74. The van der Waals surface area contributed by atoms with Crippen molar-refractivity contribution < 1.29 is 9.16 Å². The number of hydrogen-bond donors (Lipinski definition) is 0. The zero-order valence-electron chi connectivity index (χ0n) is 11.3. The molecule has 1 rings (SSSR count). The lowest BCUT2D eigenvalue weighted by atomic mass is 10.1. The van der Waals surface area contributed by atoms with Gasteiger partial charge in [-0.25, -0.2) is 0 Å². The van der Waals surface area contributed by atoms with Crippen LogP contribution in [0.25, 0.3) is 0 Å². The highest BCUT2D eigenvalue weighted by Gasteiger charge is 2.39. The maximum atomic E-state index is 6.20. The highest BCUT2D eigenvalue weighted by atomic mass is 28.4. The molecule has 0 atom stereocenters. The van der Waals surface area contributed by atoms with Gasteiger partial charge in [0.25, 0.3) is 0 Å². The van der Waals surface area contributed by atoms with Gasteiger partial charge in [0.05, 0.1) is 12.9 Å². The fourth-order valence-corrected chi connectivity index (χ4v) is 2.25. The molecule has 91 valence electrons. The molecule has 0 amide bonds. The predicted molar refractivity (Wildman–Crippen MR) is 70.4 cm³/mol. The van der Waals surface area contributed by atoms with E-state index in [1.165, 1.54) is 0 Å².